The number of hydrogen-bond acceptors (Lipinski definition) is 5. The van der Waals surface area contributed by atoms with Gasteiger partial charge in [0.05, 0.1) is 11.6 Å². The summed E-state index contributed by atoms with van der Waals surface area (Å²) in [6.07, 6.45) is 3.33. The summed E-state index contributed by atoms with van der Waals surface area (Å²) in [6.45, 7) is 6.15. The first-order valence-corrected chi connectivity index (χ1v) is 16.5. The molecule has 52 heavy (non-hydrogen) atoms. The van der Waals surface area contributed by atoms with E-state index >= 15 is 8.78 Å². The standard InChI is InChI=1S/C44H34F2N4O.Pd/c1-29-21-30(2)44(31(3)22-29)32-18-20-47-41(23-32)38-27-42(40(46)28-39(38)45)51-37-25-35(49(4)43-17-11-12-19-48-43)24-36(26-37)50(33-13-7-5-8-14-33)34-15-9-6-10-16-34;/h5-24,26,28H,1-4H3;/q-2;+2. The molecule has 0 aliphatic rings. The second-order valence-electron chi connectivity index (χ2n) is 12.3. The summed E-state index contributed by atoms with van der Waals surface area (Å²) in [4.78, 5) is 12.9. The van der Waals surface area contributed by atoms with Crippen LogP contribution in [0.4, 0.5) is 37.3 Å². The van der Waals surface area contributed by atoms with Gasteiger partial charge in [0.2, 0.25) is 0 Å². The number of aromatic nitrogens is 2. The number of benzene rings is 5. The number of ether oxygens (including phenoxy) is 1. The van der Waals surface area contributed by atoms with E-state index in [1.807, 2.05) is 117 Å². The minimum absolute atomic E-state index is 0. The van der Waals surface area contributed by atoms with Gasteiger partial charge in [-0.2, -0.15) is 0 Å². The van der Waals surface area contributed by atoms with Crippen molar-refractivity contribution in [3.05, 3.63) is 174 Å². The predicted octanol–water partition coefficient (Wildman–Crippen LogP) is 11.6. The molecule has 260 valence electrons. The van der Waals surface area contributed by atoms with E-state index < -0.39 is 11.6 Å². The summed E-state index contributed by atoms with van der Waals surface area (Å²) in [5.74, 6) is -1.11. The van der Waals surface area contributed by atoms with Crippen LogP contribution in [-0.4, -0.2) is 17.0 Å². The van der Waals surface area contributed by atoms with Crippen LogP contribution in [0.3, 0.4) is 0 Å². The summed E-state index contributed by atoms with van der Waals surface area (Å²) in [5, 5.41) is 0. The fourth-order valence-electron chi connectivity index (χ4n) is 6.37. The maximum Gasteiger partial charge on any atom is 2.00 e. The molecule has 0 unspecified atom stereocenters. The molecule has 0 saturated carbocycles. The van der Waals surface area contributed by atoms with Crippen molar-refractivity contribution in [3.8, 4) is 33.9 Å². The van der Waals surface area contributed by atoms with Gasteiger partial charge < -0.3 is 19.5 Å². The average molecular weight is 779 g/mol. The van der Waals surface area contributed by atoms with Gasteiger partial charge in [-0.3, -0.25) is 8.78 Å². The third-order valence-corrected chi connectivity index (χ3v) is 8.60. The van der Waals surface area contributed by atoms with Crippen LogP contribution in [0.15, 0.2) is 134 Å². The van der Waals surface area contributed by atoms with E-state index in [2.05, 4.69) is 46.1 Å². The molecule has 7 aromatic rings. The first-order chi connectivity index (χ1) is 24.7. The van der Waals surface area contributed by atoms with E-state index in [4.69, 9.17) is 4.74 Å². The first kappa shape index (κ1) is 36.1. The van der Waals surface area contributed by atoms with Gasteiger partial charge in [-0.15, -0.1) is 18.2 Å². The van der Waals surface area contributed by atoms with Crippen molar-refractivity contribution in [2.24, 2.45) is 0 Å². The maximum absolute atomic E-state index is 15.6. The zero-order valence-electron chi connectivity index (χ0n) is 29.0. The van der Waals surface area contributed by atoms with E-state index in [1.54, 1.807) is 24.5 Å². The molecule has 0 spiro atoms. The van der Waals surface area contributed by atoms with Crippen LogP contribution in [0.25, 0.3) is 22.4 Å². The van der Waals surface area contributed by atoms with Crippen LogP contribution in [0, 0.1) is 44.5 Å². The van der Waals surface area contributed by atoms with Gasteiger partial charge in [0.1, 0.15) is 5.82 Å². The summed E-state index contributed by atoms with van der Waals surface area (Å²) >= 11 is 0. The smallest absolute Gasteiger partial charge is 0.500 e. The Morgan fingerprint density at radius 3 is 1.92 bits per heavy atom. The monoisotopic (exact) mass is 778 g/mol. The molecule has 0 aliphatic carbocycles. The summed E-state index contributed by atoms with van der Waals surface area (Å²) < 4.78 is 37.3. The van der Waals surface area contributed by atoms with Crippen molar-refractivity contribution >= 4 is 28.6 Å². The van der Waals surface area contributed by atoms with Crippen LogP contribution in [0.5, 0.6) is 11.5 Å². The fraction of sp³-hybridized carbons (Fsp3) is 0.0909. The van der Waals surface area contributed by atoms with Crippen molar-refractivity contribution in [3.63, 3.8) is 0 Å². The topological polar surface area (TPSA) is 41.5 Å². The third-order valence-electron chi connectivity index (χ3n) is 8.60. The zero-order chi connectivity index (χ0) is 35.5. The number of para-hydroxylation sites is 2. The largest absolute Gasteiger partial charge is 2.00 e. The minimum atomic E-state index is -0.904. The van der Waals surface area contributed by atoms with E-state index in [9.17, 15) is 0 Å². The molecular weight excluding hydrogens is 745 g/mol. The van der Waals surface area contributed by atoms with Crippen LogP contribution >= 0.6 is 0 Å². The van der Waals surface area contributed by atoms with E-state index in [-0.39, 0.29) is 37.5 Å². The molecule has 8 heteroatoms. The molecule has 0 saturated heterocycles. The van der Waals surface area contributed by atoms with Crippen LogP contribution in [0.2, 0.25) is 0 Å². The van der Waals surface area contributed by atoms with Gasteiger partial charge in [0.25, 0.3) is 0 Å². The van der Waals surface area contributed by atoms with Gasteiger partial charge in [-0.25, -0.2) is 4.98 Å². The SMILES string of the molecule is Cc1cc(C)c(-c2ccnc(-c3[c-]c(Oc4[c-]c(N(C)c5ccccn5)cc(N(c5ccccc5)c5ccccc5)c4)c(F)cc3F)c2)c(C)c1.[Pd+2]. The molecule has 0 radical (unpaired) electrons. The Morgan fingerprint density at radius 1 is 0.635 bits per heavy atom. The molecule has 0 aliphatic heterocycles. The van der Waals surface area contributed by atoms with Crippen LogP contribution in [-0.2, 0) is 20.4 Å². The van der Waals surface area contributed by atoms with Crippen molar-refractivity contribution < 1.29 is 33.9 Å². The summed E-state index contributed by atoms with van der Waals surface area (Å²) in [7, 11) is 1.87. The van der Waals surface area contributed by atoms with E-state index in [0.29, 0.717) is 17.2 Å². The van der Waals surface area contributed by atoms with Gasteiger partial charge >= 0.3 is 20.4 Å². The molecule has 0 atom stereocenters. The first-order valence-electron chi connectivity index (χ1n) is 16.5. The third kappa shape index (κ3) is 7.64. The Labute approximate surface area is 316 Å². The molecular formula is C44H34F2N4OPd. The van der Waals surface area contributed by atoms with Crippen molar-refractivity contribution in [2.75, 3.05) is 16.8 Å². The number of halogens is 2. The zero-order valence-corrected chi connectivity index (χ0v) is 30.5. The molecule has 0 fully saturated rings. The maximum atomic E-state index is 15.6. The Kier molecular flexibility index (Phi) is 10.9. The number of aryl methyl sites for hydroxylation is 3. The van der Waals surface area contributed by atoms with E-state index in [0.717, 1.165) is 50.9 Å². The molecule has 5 aromatic carbocycles. The van der Waals surface area contributed by atoms with Gasteiger partial charge in [0.15, 0.2) is 0 Å². The van der Waals surface area contributed by atoms with Gasteiger partial charge in [-0.05, 0) is 91.2 Å². The Morgan fingerprint density at radius 2 is 1.29 bits per heavy atom. The van der Waals surface area contributed by atoms with Gasteiger partial charge in [-0.1, -0.05) is 95.3 Å². The van der Waals surface area contributed by atoms with Crippen LogP contribution < -0.4 is 14.5 Å². The van der Waals surface area contributed by atoms with Gasteiger partial charge in [0, 0.05) is 42.4 Å². The predicted molar refractivity (Wildman–Crippen MR) is 200 cm³/mol. The van der Waals surface area contributed by atoms with Crippen molar-refractivity contribution in [1.29, 1.82) is 0 Å². The minimum Gasteiger partial charge on any atom is -0.500 e. The Bertz CT molecular complexity index is 2260. The number of hydrogen-bond donors (Lipinski definition) is 0. The second-order valence-corrected chi connectivity index (χ2v) is 12.3. The number of pyridine rings is 2. The molecule has 0 bridgehead atoms. The number of anilines is 5. The number of nitrogens with zero attached hydrogens (tertiary/aromatic N) is 4. The Hall–Kier alpha value is -5.68. The van der Waals surface area contributed by atoms with E-state index in [1.165, 1.54) is 0 Å². The molecule has 0 N–H and O–H groups in total. The summed E-state index contributed by atoms with van der Waals surface area (Å²) in [5.41, 5.74) is 8.71. The molecule has 2 heterocycles. The van der Waals surface area contributed by atoms with Crippen molar-refractivity contribution in [2.45, 2.75) is 20.8 Å². The molecule has 7 rings (SSSR count). The molecule has 5 nitrogen and oxygen atoms in total. The van der Waals surface area contributed by atoms with Crippen LogP contribution in [0.1, 0.15) is 16.7 Å². The molecule has 2 aromatic heterocycles. The Balaban J connectivity index is 0.00000464. The normalized spacial score (nSPS) is 10.7. The molecule has 0 amide bonds. The average Bonchev–Trinajstić information content (AvgIpc) is 3.13. The second kappa shape index (κ2) is 15.7. The number of rotatable bonds is 9. The van der Waals surface area contributed by atoms with Crippen molar-refractivity contribution in [1.82, 2.24) is 9.97 Å². The summed E-state index contributed by atoms with van der Waals surface area (Å²) in [6, 6.07) is 44.0. The quantitative estimate of drug-likeness (QED) is 0.108. The fourth-order valence-corrected chi connectivity index (χ4v) is 6.37.